The van der Waals surface area contributed by atoms with Gasteiger partial charge in [0.2, 0.25) is 0 Å². The monoisotopic (exact) mass is 550 g/mol. The van der Waals surface area contributed by atoms with Gasteiger partial charge in [-0.05, 0) is 110 Å². The van der Waals surface area contributed by atoms with Gasteiger partial charge in [0, 0.05) is 0 Å². The molecule has 4 N–H and O–H groups in total. The topological polar surface area (TPSA) is 99.4 Å². The number of hydrogen-bond acceptors (Lipinski definition) is 6. The summed E-state index contributed by atoms with van der Waals surface area (Å²) in [5.41, 5.74) is 0.867. The first kappa shape index (κ1) is 30.2. The lowest BCUT2D eigenvalue weighted by molar-refractivity contribution is -0.316. The van der Waals surface area contributed by atoms with E-state index in [0.717, 1.165) is 54.8 Å². The van der Waals surface area contributed by atoms with Crippen LogP contribution in [0.3, 0.4) is 0 Å². The minimum Gasteiger partial charge on any atom is -0.394 e. The minimum atomic E-state index is -1.38. The summed E-state index contributed by atoms with van der Waals surface area (Å²) in [5, 5.41) is 40.3. The van der Waals surface area contributed by atoms with Gasteiger partial charge in [-0.1, -0.05) is 53.9 Å². The Balaban J connectivity index is 1.21. The highest BCUT2D eigenvalue weighted by atomic mass is 16.7. The van der Waals surface area contributed by atoms with E-state index in [9.17, 15) is 20.4 Å². The summed E-state index contributed by atoms with van der Waals surface area (Å²) in [6.07, 6.45) is 9.41. The van der Waals surface area contributed by atoms with E-state index in [4.69, 9.17) is 9.47 Å². The van der Waals surface area contributed by atoms with E-state index < -0.39 is 37.3 Å². The lowest BCUT2D eigenvalue weighted by Crippen LogP contribution is -2.60. The molecule has 1 saturated heterocycles. The molecule has 0 radical (unpaired) electrons. The largest absolute Gasteiger partial charge is 0.394 e. The first-order valence-corrected chi connectivity index (χ1v) is 16.5. The zero-order valence-corrected chi connectivity index (χ0v) is 25.3. The lowest BCUT2D eigenvalue weighted by Gasteiger charge is -2.61. The van der Waals surface area contributed by atoms with Gasteiger partial charge in [0.25, 0.3) is 0 Å². The molecule has 5 rings (SSSR count). The SMILES string of the molecule is CC(C)CCCC(C)[C@H]1CC[C@H]2[C@@H]3CC[C@H]4C[C@@H](O[C@@H]5O[C@H](CO)[C@@H](O)[C@H](O)[C@H]5O)CC[C@]4(C)[C@H]3CC[C@]12C. The van der Waals surface area contributed by atoms with E-state index in [2.05, 4.69) is 34.6 Å². The third-order valence-corrected chi connectivity index (χ3v) is 13.0. The Bertz CT molecular complexity index is 818. The first-order valence-electron chi connectivity index (χ1n) is 16.5. The summed E-state index contributed by atoms with van der Waals surface area (Å²) in [7, 11) is 0. The number of hydrogen-bond donors (Lipinski definition) is 4. The van der Waals surface area contributed by atoms with Crippen molar-refractivity contribution in [3.8, 4) is 0 Å². The van der Waals surface area contributed by atoms with Gasteiger partial charge in [-0.2, -0.15) is 0 Å². The van der Waals surface area contributed by atoms with Gasteiger partial charge in [-0.25, -0.2) is 0 Å². The van der Waals surface area contributed by atoms with Crippen LogP contribution < -0.4 is 0 Å². The van der Waals surface area contributed by atoms with Crippen LogP contribution in [0.5, 0.6) is 0 Å². The molecular formula is C33H58O6. The average Bonchev–Trinajstić information content (AvgIpc) is 3.26. The van der Waals surface area contributed by atoms with Crippen molar-refractivity contribution in [1.29, 1.82) is 0 Å². The normalized spacial score (nSPS) is 50.8. The lowest BCUT2D eigenvalue weighted by atomic mass is 9.44. The van der Waals surface area contributed by atoms with Gasteiger partial charge in [0.05, 0.1) is 12.7 Å². The fourth-order valence-electron chi connectivity index (χ4n) is 10.7. The first-order chi connectivity index (χ1) is 18.5. The van der Waals surface area contributed by atoms with Gasteiger partial charge < -0.3 is 29.9 Å². The molecule has 5 fully saturated rings. The van der Waals surface area contributed by atoms with Crippen LogP contribution in [0.15, 0.2) is 0 Å². The van der Waals surface area contributed by atoms with Crippen LogP contribution in [-0.4, -0.2) is 63.8 Å². The van der Waals surface area contributed by atoms with Crippen LogP contribution in [0.25, 0.3) is 0 Å². The van der Waals surface area contributed by atoms with Crippen molar-refractivity contribution in [2.24, 2.45) is 52.3 Å². The predicted molar refractivity (Wildman–Crippen MR) is 152 cm³/mol. The maximum atomic E-state index is 10.5. The highest BCUT2D eigenvalue weighted by Crippen LogP contribution is 2.68. The van der Waals surface area contributed by atoms with Crippen molar-refractivity contribution in [3.05, 3.63) is 0 Å². The quantitative estimate of drug-likeness (QED) is 0.307. The van der Waals surface area contributed by atoms with Gasteiger partial charge in [0.1, 0.15) is 24.4 Å². The molecule has 0 aromatic rings. The van der Waals surface area contributed by atoms with E-state index in [1.807, 2.05) is 0 Å². The zero-order chi connectivity index (χ0) is 28.1. The second-order valence-corrected chi connectivity index (χ2v) is 15.4. The minimum absolute atomic E-state index is 0.0301. The van der Waals surface area contributed by atoms with Crippen molar-refractivity contribution in [3.63, 3.8) is 0 Å². The fourth-order valence-corrected chi connectivity index (χ4v) is 10.7. The molecule has 0 aromatic carbocycles. The molecule has 4 aliphatic carbocycles. The number of aliphatic hydroxyl groups excluding tert-OH is 4. The smallest absolute Gasteiger partial charge is 0.186 e. The third kappa shape index (κ3) is 5.49. The Morgan fingerprint density at radius 1 is 0.821 bits per heavy atom. The van der Waals surface area contributed by atoms with E-state index in [-0.39, 0.29) is 6.10 Å². The van der Waals surface area contributed by atoms with Crippen molar-refractivity contribution in [2.45, 2.75) is 148 Å². The van der Waals surface area contributed by atoms with Crippen LogP contribution in [0.4, 0.5) is 0 Å². The molecule has 4 saturated carbocycles. The molecule has 14 atom stereocenters. The fraction of sp³-hybridized carbons (Fsp3) is 1.00. The second kappa shape index (κ2) is 11.8. The Labute approximate surface area is 237 Å². The summed E-state index contributed by atoms with van der Waals surface area (Å²) >= 11 is 0. The summed E-state index contributed by atoms with van der Waals surface area (Å²) < 4.78 is 11.9. The number of ether oxygens (including phenoxy) is 2. The third-order valence-electron chi connectivity index (χ3n) is 13.0. The van der Waals surface area contributed by atoms with Crippen LogP contribution in [-0.2, 0) is 9.47 Å². The summed E-state index contributed by atoms with van der Waals surface area (Å²) in [4.78, 5) is 0. The van der Waals surface area contributed by atoms with E-state index >= 15 is 0 Å². The van der Waals surface area contributed by atoms with Crippen molar-refractivity contribution in [2.75, 3.05) is 6.61 Å². The van der Waals surface area contributed by atoms with Crippen LogP contribution in [0.2, 0.25) is 0 Å². The average molecular weight is 551 g/mol. The number of rotatable bonds is 8. The highest BCUT2D eigenvalue weighted by molar-refractivity contribution is 5.10. The van der Waals surface area contributed by atoms with Gasteiger partial charge in [0.15, 0.2) is 6.29 Å². The number of fused-ring (bicyclic) bond motifs is 5. The molecule has 1 unspecified atom stereocenters. The van der Waals surface area contributed by atoms with Crippen molar-refractivity contribution >= 4 is 0 Å². The maximum absolute atomic E-state index is 10.5. The summed E-state index contributed by atoms with van der Waals surface area (Å²) in [6, 6.07) is 0. The van der Waals surface area contributed by atoms with Gasteiger partial charge in [-0.15, -0.1) is 0 Å². The second-order valence-electron chi connectivity index (χ2n) is 15.4. The molecule has 39 heavy (non-hydrogen) atoms. The Morgan fingerprint density at radius 2 is 1.54 bits per heavy atom. The van der Waals surface area contributed by atoms with Gasteiger partial charge in [-0.3, -0.25) is 0 Å². The molecule has 0 spiro atoms. The molecule has 0 bridgehead atoms. The highest BCUT2D eigenvalue weighted by Gasteiger charge is 2.61. The van der Waals surface area contributed by atoms with Crippen molar-refractivity contribution < 1.29 is 29.9 Å². The number of aliphatic hydroxyl groups is 4. The summed E-state index contributed by atoms with van der Waals surface area (Å²) in [5.74, 6) is 5.71. The Hall–Kier alpha value is -0.240. The van der Waals surface area contributed by atoms with Crippen LogP contribution in [0.1, 0.15) is 112 Å². The Kier molecular flexibility index (Phi) is 9.14. The Morgan fingerprint density at radius 3 is 2.26 bits per heavy atom. The molecule has 226 valence electrons. The van der Waals surface area contributed by atoms with E-state index in [0.29, 0.717) is 16.7 Å². The zero-order valence-electron chi connectivity index (χ0n) is 25.3. The molecule has 1 heterocycles. The van der Waals surface area contributed by atoms with Crippen LogP contribution in [0, 0.1) is 52.3 Å². The summed E-state index contributed by atoms with van der Waals surface area (Å²) in [6.45, 7) is 12.1. The molecule has 0 amide bonds. The van der Waals surface area contributed by atoms with E-state index in [1.165, 1.54) is 57.8 Å². The molecule has 5 aliphatic rings. The molecule has 6 nitrogen and oxygen atoms in total. The van der Waals surface area contributed by atoms with Gasteiger partial charge >= 0.3 is 0 Å². The van der Waals surface area contributed by atoms with E-state index in [1.54, 1.807) is 0 Å². The molecule has 1 aliphatic heterocycles. The van der Waals surface area contributed by atoms with Crippen LogP contribution >= 0.6 is 0 Å². The molecule has 6 heteroatoms. The standard InChI is InChI=1S/C33H58O6/c1-19(2)7-6-8-20(3)24-11-12-25-23-10-9-21-17-22(13-15-32(21,4)26(23)14-16-33(24,25)5)38-31-30(37)29(36)28(35)27(18-34)39-31/h19-31,34-37H,6-18H2,1-5H3/t20?,21-,22-,23-,24+,25-,26-,27+,28+,29-,30+,31+,32-,33+/m0/s1. The van der Waals surface area contributed by atoms with Crippen molar-refractivity contribution in [1.82, 2.24) is 0 Å². The predicted octanol–water partition coefficient (Wildman–Crippen LogP) is 5.29. The molecule has 0 aromatic heterocycles. The maximum Gasteiger partial charge on any atom is 0.186 e. The molecular weight excluding hydrogens is 492 g/mol.